The first-order valence-electron chi connectivity index (χ1n) is 5.98. The van der Waals surface area contributed by atoms with Gasteiger partial charge in [0.05, 0.1) is 12.2 Å². The van der Waals surface area contributed by atoms with Crippen molar-refractivity contribution >= 4 is 17.6 Å². The minimum absolute atomic E-state index is 0.227. The molecule has 0 aliphatic rings. The molecule has 1 amide bonds. The van der Waals surface area contributed by atoms with Gasteiger partial charge in [0.1, 0.15) is 0 Å². The topological polar surface area (TPSA) is 65.5 Å². The predicted octanol–water partition coefficient (Wildman–Crippen LogP) is 1.39. The van der Waals surface area contributed by atoms with E-state index < -0.39 is 29.0 Å². The van der Waals surface area contributed by atoms with Crippen LogP contribution >= 0.6 is 0 Å². The Kier molecular flexibility index (Phi) is 6.25. The molecule has 8 heteroatoms. The Morgan fingerprint density at radius 1 is 1.29 bits per heavy atom. The third kappa shape index (κ3) is 4.83. The largest absolute Gasteiger partial charge is 0.353 e. The average Bonchev–Trinajstić information content (AvgIpc) is 2.48. The van der Waals surface area contributed by atoms with Crippen LogP contribution in [0.4, 0.5) is 18.9 Å². The molecule has 1 rings (SSSR count). The first kappa shape index (κ1) is 16.5. The molecule has 0 aromatic heterocycles. The lowest BCUT2D eigenvalue weighted by Gasteiger charge is -2.11. The molecular formula is C13H15F3N4O. The Morgan fingerprint density at radius 3 is 2.62 bits per heavy atom. The van der Waals surface area contributed by atoms with E-state index in [2.05, 4.69) is 27.5 Å². The van der Waals surface area contributed by atoms with Crippen LogP contribution in [0.15, 0.2) is 29.8 Å². The number of halogens is 3. The molecule has 0 aliphatic heterocycles. The molecule has 0 atom stereocenters. The zero-order valence-corrected chi connectivity index (χ0v) is 11.3. The third-order valence-corrected chi connectivity index (χ3v) is 2.36. The lowest BCUT2D eigenvalue weighted by atomic mass is 10.2. The predicted molar refractivity (Wildman–Crippen MR) is 74.5 cm³/mol. The fourth-order valence-corrected chi connectivity index (χ4v) is 1.37. The van der Waals surface area contributed by atoms with Gasteiger partial charge in [-0.3, -0.25) is 9.79 Å². The molecular weight excluding hydrogens is 285 g/mol. The first-order chi connectivity index (χ1) is 9.99. The van der Waals surface area contributed by atoms with Gasteiger partial charge in [0, 0.05) is 13.6 Å². The van der Waals surface area contributed by atoms with Crippen LogP contribution in [0.25, 0.3) is 0 Å². The van der Waals surface area contributed by atoms with E-state index >= 15 is 0 Å². The van der Waals surface area contributed by atoms with Crippen LogP contribution in [0.1, 0.15) is 0 Å². The minimum Gasteiger partial charge on any atom is -0.353 e. The molecule has 114 valence electrons. The van der Waals surface area contributed by atoms with E-state index in [9.17, 15) is 18.0 Å². The smallest absolute Gasteiger partial charge is 0.243 e. The molecule has 0 saturated heterocycles. The molecule has 1 aromatic carbocycles. The van der Waals surface area contributed by atoms with Crippen molar-refractivity contribution in [3.63, 3.8) is 0 Å². The maximum atomic E-state index is 13.4. The number of guanidine groups is 1. The van der Waals surface area contributed by atoms with Gasteiger partial charge in [-0.05, 0) is 12.1 Å². The Bertz CT molecular complexity index is 561. The monoisotopic (exact) mass is 300 g/mol. The number of nitrogens with one attached hydrogen (secondary N) is 3. The van der Waals surface area contributed by atoms with E-state index in [1.54, 1.807) is 6.08 Å². The van der Waals surface area contributed by atoms with Crippen molar-refractivity contribution in [2.45, 2.75) is 0 Å². The summed E-state index contributed by atoms with van der Waals surface area (Å²) in [6.45, 7) is 3.73. The summed E-state index contributed by atoms with van der Waals surface area (Å²) < 4.78 is 39.1. The number of anilines is 1. The summed E-state index contributed by atoms with van der Waals surface area (Å²) in [5.41, 5.74) is -0.435. The van der Waals surface area contributed by atoms with Crippen molar-refractivity contribution < 1.29 is 18.0 Å². The summed E-state index contributed by atoms with van der Waals surface area (Å²) in [5, 5.41) is 7.61. The molecule has 5 nitrogen and oxygen atoms in total. The van der Waals surface area contributed by atoms with Crippen LogP contribution in [-0.2, 0) is 4.79 Å². The van der Waals surface area contributed by atoms with Crippen molar-refractivity contribution in [2.24, 2.45) is 4.99 Å². The van der Waals surface area contributed by atoms with E-state index in [1.807, 2.05) is 0 Å². The highest BCUT2D eigenvalue weighted by Crippen LogP contribution is 2.19. The summed E-state index contributed by atoms with van der Waals surface area (Å²) >= 11 is 0. The van der Waals surface area contributed by atoms with E-state index in [-0.39, 0.29) is 6.54 Å². The number of rotatable bonds is 5. The number of amides is 1. The number of benzene rings is 1. The minimum atomic E-state index is -1.63. The first-order valence-corrected chi connectivity index (χ1v) is 5.98. The lowest BCUT2D eigenvalue weighted by Crippen LogP contribution is -2.41. The van der Waals surface area contributed by atoms with Gasteiger partial charge in [0.25, 0.3) is 0 Å². The standard InChI is InChI=1S/C13H15F3N4O/c1-3-6-18-13(17-2)19-7-10(21)20-9-5-4-8(14)11(15)12(9)16/h3-5H,1,6-7H2,2H3,(H,20,21)(H2,17,18,19). The summed E-state index contributed by atoms with van der Waals surface area (Å²) in [5.74, 6) is -4.70. The second-order valence-electron chi connectivity index (χ2n) is 3.87. The van der Waals surface area contributed by atoms with E-state index in [0.29, 0.717) is 12.5 Å². The average molecular weight is 300 g/mol. The van der Waals surface area contributed by atoms with E-state index in [0.717, 1.165) is 12.1 Å². The fraction of sp³-hybridized carbons (Fsp3) is 0.231. The zero-order valence-electron chi connectivity index (χ0n) is 11.3. The number of carbonyl (C=O) groups is 1. The van der Waals surface area contributed by atoms with Gasteiger partial charge in [-0.15, -0.1) is 6.58 Å². The molecule has 0 fully saturated rings. The van der Waals surface area contributed by atoms with Gasteiger partial charge in [0.15, 0.2) is 23.4 Å². The van der Waals surface area contributed by atoms with E-state index in [4.69, 9.17) is 0 Å². The van der Waals surface area contributed by atoms with Crippen LogP contribution in [0.3, 0.4) is 0 Å². The normalized spacial score (nSPS) is 11.0. The van der Waals surface area contributed by atoms with Gasteiger partial charge in [-0.1, -0.05) is 6.08 Å². The second kappa shape index (κ2) is 7.93. The van der Waals surface area contributed by atoms with E-state index in [1.165, 1.54) is 7.05 Å². The van der Waals surface area contributed by atoms with Crippen LogP contribution in [-0.4, -0.2) is 32.0 Å². The Labute approximate surface area is 119 Å². The summed E-state index contributed by atoms with van der Waals surface area (Å²) in [4.78, 5) is 15.4. The van der Waals surface area contributed by atoms with Gasteiger partial charge in [0.2, 0.25) is 5.91 Å². The molecule has 1 aromatic rings. The molecule has 0 bridgehead atoms. The van der Waals surface area contributed by atoms with Gasteiger partial charge >= 0.3 is 0 Å². The highest BCUT2D eigenvalue weighted by atomic mass is 19.2. The van der Waals surface area contributed by atoms with Crippen molar-refractivity contribution in [1.82, 2.24) is 10.6 Å². The molecule has 0 heterocycles. The number of carbonyl (C=O) groups excluding carboxylic acids is 1. The van der Waals surface area contributed by atoms with Crippen LogP contribution < -0.4 is 16.0 Å². The second-order valence-corrected chi connectivity index (χ2v) is 3.87. The van der Waals surface area contributed by atoms with Crippen molar-refractivity contribution in [3.8, 4) is 0 Å². The molecule has 0 radical (unpaired) electrons. The fourth-order valence-electron chi connectivity index (χ4n) is 1.37. The lowest BCUT2D eigenvalue weighted by molar-refractivity contribution is -0.115. The summed E-state index contributed by atoms with van der Waals surface area (Å²) in [6, 6.07) is 1.67. The Balaban J connectivity index is 2.58. The highest BCUT2D eigenvalue weighted by molar-refractivity contribution is 5.95. The van der Waals surface area contributed by atoms with Gasteiger partial charge in [-0.2, -0.15) is 0 Å². The number of nitrogens with zero attached hydrogens (tertiary/aromatic N) is 1. The number of aliphatic imine (C=N–C) groups is 1. The molecule has 0 spiro atoms. The number of hydrogen-bond donors (Lipinski definition) is 3. The van der Waals surface area contributed by atoms with Crippen molar-refractivity contribution in [2.75, 3.05) is 25.5 Å². The van der Waals surface area contributed by atoms with Crippen LogP contribution in [0, 0.1) is 17.5 Å². The third-order valence-electron chi connectivity index (χ3n) is 2.36. The van der Waals surface area contributed by atoms with Crippen molar-refractivity contribution in [1.29, 1.82) is 0 Å². The SMILES string of the molecule is C=CCNC(=NC)NCC(=O)Nc1ccc(F)c(F)c1F. The zero-order chi connectivity index (χ0) is 15.8. The number of hydrogen-bond acceptors (Lipinski definition) is 2. The molecule has 3 N–H and O–H groups in total. The Morgan fingerprint density at radius 2 is 2.00 bits per heavy atom. The molecule has 21 heavy (non-hydrogen) atoms. The quantitative estimate of drug-likeness (QED) is 0.333. The van der Waals surface area contributed by atoms with Gasteiger partial charge in [-0.25, -0.2) is 13.2 Å². The summed E-state index contributed by atoms with van der Waals surface area (Å²) in [6.07, 6.45) is 1.60. The van der Waals surface area contributed by atoms with Crippen molar-refractivity contribution in [3.05, 3.63) is 42.2 Å². The maximum Gasteiger partial charge on any atom is 0.243 e. The molecule has 0 aliphatic carbocycles. The molecule has 0 saturated carbocycles. The molecule has 0 unspecified atom stereocenters. The summed E-state index contributed by atoms with van der Waals surface area (Å²) in [7, 11) is 1.51. The highest BCUT2D eigenvalue weighted by Gasteiger charge is 2.15. The maximum absolute atomic E-state index is 13.4. The van der Waals surface area contributed by atoms with Crippen LogP contribution in [0.2, 0.25) is 0 Å². The van der Waals surface area contributed by atoms with Crippen LogP contribution in [0.5, 0.6) is 0 Å². The van der Waals surface area contributed by atoms with Gasteiger partial charge < -0.3 is 16.0 Å². The Hall–Kier alpha value is -2.51.